The van der Waals surface area contributed by atoms with E-state index in [0.29, 0.717) is 24.9 Å². The third-order valence-corrected chi connectivity index (χ3v) is 4.93. The maximum absolute atomic E-state index is 12.2. The van der Waals surface area contributed by atoms with Crippen LogP contribution in [-0.2, 0) is 14.8 Å². The molecule has 1 unspecified atom stereocenters. The number of sulfonamides is 1. The van der Waals surface area contributed by atoms with Gasteiger partial charge in [0.05, 0.1) is 0 Å². The second-order valence-corrected chi connectivity index (χ2v) is 6.49. The van der Waals surface area contributed by atoms with Gasteiger partial charge in [-0.15, -0.1) is 0 Å². The fraction of sp³-hybridized carbons (Fsp3) is 0.583. The molecule has 3 N–H and O–H groups in total. The molecule has 0 aromatic carbocycles. The van der Waals surface area contributed by atoms with Crippen molar-refractivity contribution >= 4 is 15.8 Å². The first-order chi connectivity index (χ1) is 8.99. The number of nitrogen functional groups attached to an aromatic ring is 1. The first-order valence-electron chi connectivity index (χ1n) is 6.30. The van der Waals surface area contributed by atoms with Crippen LogP contribution in [0.4, 0.5) is 5.82 Å². The lowest BCUT2D eigenvalue weighted by atomic mass is 9.94. The number of nitrogens with zero attached hydrogens (tertiary/aromatic N) is 1. The van der Waals surface area contributed by atoms with E-state index in [2.05, 4.69) is 9.71 Å². The summed E-state index contributed by atoms with van der Waals surface area (Å²) in [4.78, 5) is 3.94. The summed E-state index contributed by atoms with van der Waals surface area (Å²) in [5.74, 6) is 0.613. The Balaban J connectivity index is 2.05. The predicted octanol–water partition coefficient (Wildman–Crippen LogP) is 0.757. The van der Waals surface area contributed by atoms with Crippen LogP contribution >= 0.6 is 0 Å². The summed E-state index contributed by atoms with van der Waals surface area (Å²) in [5, 5.41) is 0. The third kappa shape index (κ3) is 3.65. The minimum atomic E-state index is -3.53. The number of rotatable bonds is 4. The molecule has 0 radical (unpaired) electrons. The zero-order valence-corrected chi connectivity index (χ0v) is 11.7. The molecule has 0 amide bonds. The molecule has 0 bridgehead atoms. The minimum Gasteiger partial charge on any atom is -0.384 e. The van der Waals surface area contributed by atoms with Crippen molar-refractivity contribution in [3.05, 3.63) is 18.3 Å². The summed E-state index contributed by atoms with van der Waals surface area (Å²) >= 11 is 0. The first-order valence-corrected chi connectivity index (χ1v) is 7.79. The standard InChI is InChI=1S/C12H19N3O3S/c1-9(10-4-6-18-7-5-10)15-19(16,17)11-2-3-12(13)14-8-11/h2-3,8-10,15H,4-7H2,1H3,(H2,13,14). The summed E-state index contributed by atoms with van der Waals surface area (Å²) in [6.07, 6.45) is 3.03. The van der Waals surface area contributed by atoms with Gasteiger partial charge in [-0.3, -0.25) is 0 Å². The van der Waals surface area contributed by atoms with Gasteiger partial charge in [0.25, 0.3) is 0 Å². The van der Waals surface area contributed by atoms with Gasteiger partial charge in [-0.05, 0) is 37.8 Å². The molecule has 1 aliphatic rings. The molecule has 1 aromatic rings. The highest BCUT2D eigenvalue weighted by Crippen LogP contribution is 2.20. The van der Waals surface area contributed by atoms with E-state index in [4.69, 9.17) is 10.5 Å². The Hall–Kier alpha value is -1.18. The van der Waals surface area contributed by atoms with Crippen LogP contribution in [0.3, 0.4) is 0 Å². The molecular formula is C12H19N3O3S. The van der Waals surface area contributed by atoms with E-state index in [1.54, 1.807) is 0 Å². The predicted molar refractivity (Wildman–Crippen MR) is 72.0 cm³/mol. The molecule has 7 heteroatoms. The average molecular weight is 285 g/mol. The third-order valence-electron chi connectivity index (χ3n) is 3.38. The van der Waals surface area contributed by atoms with Gasteiger partial charge < -0.3 is 10.5 Å². The highest BCUT2D eigenvalue weighted by atomic mass is 32.2. The SMILES string of the molecule is CC(NS(=O)(=O)c1ccc(N)nc1)C1CCOCC1. The highest BCUT2D eigenvalue weighted by Gasteiger charge is 2.25. The summed E-state index contributed by atoms with van der Waals surface area (Å²) in [7, 11) is -3.53. The minimum absolute atomic E-state index is 0.119. The number of hydrogen-bond acceptors (Lipinski definition) is 5. The second kappa shape index (κ2) is 5.85. The molecule has 0 spiro atoms. The van der Waals surface area contributed by atoms with Crippen molar-refractivity contribution in [1.82, 2.24) is 9.71 Å². The Morgan fingerprint density at radius 3 is 2.68 bits per heavy atom. The van der Waals surface area contributed by atoms with Crippen LogP contribution < -0.4 is 10.5 Å². The largest absolute Gasteiger partial charge is 0.384 e. The summed E-state index contributed by atoms with van der Waals surface area (Å²) < 4.78 is 32.3. The van der Waals surface area contributed by atoms with Crippen LogP contribution in [0.5, 0.6) is 0 Å². The molecule has 1 aliphatic heterocycles. The highest BCUT2D eigenvalue weighted by molar-refractivity contribution is 7.89. The number of nitrogens with two attached hydrogens (primary N) is 1. The van der Waals surface area contributed by atoms with Gasteiger partial charge >= 0.3 is 0 Å². The van der Waals surface area contributed by atoms with E-state index in [-0.39, 0.29) is 10.9 Å². The molecule has 0 aliphatic carbocycles. The quantitative estimate of drug-likeness (QED) is 0.851. The Kier molecular flexibility index (Phi) is 4.38. The summed E-state index contributed by atoms with van der Waals surface area (Å²) in [6, 6.07) is 2.82. The van der Waals surface area contributed by atoms with Crippen molar-refractivity contribution in [3.8, 4) is 0 Å². The molecule has 2 heterocycles. The smallest absolute Gasteiger partial charge is 0.242 e. The average Bonchev–Trinajstić information content (AvgIpc) is 2.40. The fourth-order valence-corrected chi connectivity index (χ4v) is 3.43. The van der Waals surface area contributed by atoms with Crippen molar-refractivity contribution in [2.45, 2.75) is 30.7 Å². The van der Waals surface area contributed by atoms with Crippen LogP contribution in [0.25, 0.3) is 0 Å². The van der Waals surface area contributed by atoms with Crippen LogP contribution in [-0.4, -0.2) is 32.7 Å². The number of ether oxygens (including phenoxy) is 1. The molecule has 1 saturated heterocycles. The molecule has 0 saturated carbocycles. The molecule has 2 rings (SSSR count). The Morgan fingerprint density at radius 1 is 1.42 bits per heavy atom. The van der Waals surface area contributed by atoms with E-state index >= 15 is 0 Å². The lowest BCUT2D eigenvalue weighted by Crippen LogP contribution is -2.40. The van der Waals surface area contributed by atoms with Crippen LogP contribution in [0.15, 0.2) is 23.2 Å². The fourth-order valence-electron chi connectivity index (χ4n) is 2.18. The lowest BCUT2D eigenvalue weighted by molar-refractivity contribution is 0.0585. The van der Waals surface area contributed by atoms with Crippen molar-refractivity contribution in [2.75, 3.05) is 18.9 Å². The Morgan fingerprint density at radius 2 is 2.11 bits per heavy atom. The maximum Gasteiger partial charge on any atom is 0.242 e. The van der Waals surface area contributed by atoms with E-state index in [0.717, 1.165) is 12.8 Å². The number of pyridine rings is 1. The van der Waals surface area contributed by atoms with Gasteiger partial charge in [-0.2, -0.15) is 0 Å². The van der Waals surface area contributed by atoms with Crippen LogP contribution in [0.2, 0.25) is 0 Å². The number of anilines is 1. The van der Waals surface area contributed by atoms with E-state index in [1.807, 2.05) is 6.92 Å². The molecule has 106 valence electrons. The normalized spacial score (nSPS) is 19.2. The number of aromatic nitrogens is 1. The first kappa shape index (κ1) is 14.2. The molecule has 1 atom stereocenters. The van der Waals surface area contributed by atoms with Crippen molar-refractivity contribution in [1.29, 1.82) is 0 Å². The van der Waals surface area contributed by atoms with Crippen LogP contribution in [0.1, 0.15) is 19.8 Å². The summed E-state index contributed by atoms with van der Waals surface area (Å²) in [6.45, 7) is 3.28. The van der Waals surface area contributed by atoms with E-state index in [1.165, 1.54) is 18.3 Å². The lowest BCUT2D eigenvalue weighted by Gasteiger charge is -2.28. The Labute approximate surface area is 113 Å². The summed E-state index contributed by atoms with van der Waals surface area (Å²) in [5.41, 5.74) is 5.45. The van der Waals surface area contributed by atoms with Crippen molar-refractivity contribution in [3.63, 3.8) is 0 Å². The maximum atomic E-state index is 12.2. The van der Waals surface area contributed by atoms with Crippen molar-refractivity contribution in [2.24, 2.45) is 5.92 Å². The van der Waals surface area contributed by atoms with Gasteiger partial charge in [0, 0.05) is 25.5 Å². The molecular weight excluding hydrogens is 266 g/mol. The molecule has 19 heavy (non-hydrogen) atoms. The zero-order valence-electron chi connectivity index (χ0n) is 10.9. The van der Waals surface area contributed by atoms with Gasteiger partial charge in [0.1, 0.15) is 10.7 Å². The number of hydrogen-bond donors (Lipinski definition) is 2. The van der Waals surface area contributed by atoms with E-state index < -0.39 is 10.0 Å². The van der Waals surface area contributed by atoms with E-state index in [9.17, 15) is 8.42 Å². The zero-order chi connectivity index (χ0) is 13.9. The Bertz CT molecular complexity index is 510. The monoisotopic (exact) mass is 285 g/mol. The number of nitrogens with one attached hydrogen (secondary N) is 1. The van der Waals surface area contributed by atoms with Gasteiger partial charge in [0.15, 0.2) is 0 Å². The molecule has 1 aromatic heterocycles. The van der Waals surface area contributed by atoms with Crippen molar-refractivity contribution < 1.29 is 13.2 Å². The second-order valence-electron chi connectivity index (χ2n) is 4.78. The topological polar surface area (TPSA) is 94.3 Å². The molecule has 6 nitrogen and oxygen atoms in total. The van der Waals surface area contributed by atoms with Gasteiger partial charge in [-0.25, -0.2) is 18.1 Å². The van der Waals surface area contributed by atoms with Gasteiger partial charge in [-0.1, -0.05) is 0 Å². The van der Waals surface area contributed by atoms with Gasteiger partial charge in [0.2, 0.25) is 10.0 Å². The molecule has 1 fully saturated rings. The van der Waals surface area contributed by atoms with Crippen LogP contribution in [0, 0.1) is 5.92 Å².